The molecule has 0 aromatic carbocycles. The normalized spacial score (nSPS) is 17.8. The topological polar surface area (TPSA) is 79.8 Å². The van der Waals surface area contributed by atoms with Gasteiger partial charge in [-0.2, -0.15) is 0 Å². The van der Waals surface area contributed by atoms with Gasteiger partial charge in [0.25, 0.3) is 5.91 Å². The molecule has 1 aliphatic rings. The van der Waals surface area contributed by atoms with Crippen molar-refractivity contribution in [1.29, 1.82) is 0 Å². The van der Waals surface area contributed by atoms with Crippen LogP contribution < -0.4 is 5.73 Å². The summed E-state index contributed by atoms with van der Waals surface area (Å²) < 4.78 is 5.66. The molecular weight excluding hydrogens is 350 g/mol. The van der Waals surface area contributed by atoms with E-state index in [0.717, 1.165) is 6.42 Å². The lowest BCUT2D eigenvalue weighted by Crippen LogP contribution is -2.41. The largest absolute Gasteiger partial charge is 0.444 e. The zero-order valence-corrected chi connectivity index (χ0v) is 13.4. The number of carbonyl (C=O) groups excluding carboxylic acids is 2. The van der Waals surface area contributed by atoms with Gasteiger partial charge in [-0.25, -0.2) is 0 Å². The van der Waals surface area contributed by atoms with Crippen molar-refractivity contribution in [3.05, 3.63) is 22.6 Å². The molecule has 0 spiro atoms. The maximum atomic E-state index is 12.0. The number of hydrogen-bond acceptors (Lipinski definition) is 4. The van der Waals surface area contributed by atoms with Crippen LogP contribution in [-0.2, 0) is 4.79 Å². The Hall–Kier alpha value is -1.05. The van der Waals surface area contributed by atoms with Crippen molar-refractivity contribution in [3.63, 3.8) is 0 Å². The fraction of sp³-hybridized carbons (Fsp3) is 0.500. The van der Waals surface area contributed by atoms with Gasteiger partial charge in [0.15, 0.2) is 10.4 Å². The van der Waals surface area contributed by atoms with Crippen LogP contribution in [0.2, 0.25) is 0 Å². The molecule has 1 saturated heterocycles. The van der Waals surface area contributed by atoms with Crippen molar-refractivity contribution >= 4 is 40.2 Å². The molecule has 0 saturated carbocycles. The van der Waals surface area contributed by atoms with Gasteiger partial charge in [-0.3, -0.25) is 9.59 Å². The molecule has 1 aromatic rings. The molecule has 2 rings (SSSR count). The van der Waals surface area contributed by atoms with Crippen LogP contribution in [0, 0.1) is 0 Å². The third-order valence-electron chi connectivity index (χ3n) is 3.08. The molecule has 2 amide bonds. The van der Waals surface area contributed by atoms with E-state index in [1.54, 1.807) is 24.1 Å². The minimum atomic E-state index is -0.317. The highest BCUT2D eigenvalue weighted by molar-refractivity contribution is 9.10. The Kier molecular flexibility index (Phi) is 6.04. The highest BCUT2D eigenvalue weighted by atomic mass is 79.9. The minimum Gasteiger partial charge on any atom is -0.444 e. The number of hydrogen-bond donors (Lipinski definition) is 1. The third kappa shape index (κ3) is 3.97. The predicted octanol–water partition coefficient (Wildman–Crippen LogP) is 1.10. The van der Waals surface area contributed by atoms with E-state index in [1.807, 2.05) is 0 Å². The molecule has 1 aromatic heterocycles. The molecule has 6 nitrogen and oxygen atoms in total. The molecule has 1 fully saturated rings. The molecule has 2 heterocycles. The highest BCUT2D eigenvalue weighted by Crippen LogP contribution is 2.15. The van der Waals surface area contributed by atoms with Gasteiger partial charge in [0.2, 0.25) is 5.91 Å². The number of amides is 2. The van der Waals surface area contributed by atoms with Gasteiger partial charge in [0.1, 0.15) is 0 Å². The van der Waals surface area contributed by atoms with E-state index < -0.39 is 0 Å². The minimum absolute atomic E-state index is 0. The van der Waals surface area contributed by atoms with E-state index in [0.29, 0.717) is 17.8 Å². The van der Waals surface area contributed by atoms with Crippen molar-refractivity contribution in [2.75, 3.05) is 26.7 Å². The third-order valence-corrected chi connectivity index (χ3v) is 3.51. The highest BCUT2D eigenvalue weighted by Gasteiger charge is 2.26. The second kappa shape index (κ2) is 7.10. The number of furan rings is 1. The van der Waals surface area contributed by atoms with E-state index in [-0.39, 0.29) is 42.6 Å². The summed E-state index contributed by atoms with van der Waals surface area (Å²) in [6, 6.07) is 3.26. The summed E-state index contributed by atoms with van der Waals surface area (Å²) in [5.41, 5.74) is 5.75. The summed E-state index contributed by atoms with van der Waals surface area (Å²) >= 11 is 3.13. The standard InChI is InChI=1S/C12H16BrN3O3.ClH/c1-15(12(18)9-2-3-10(13)19-9)7-11(17)16-5-4-8(14)6-16;/h2-3,8H,4-7,14H2,1H3;1H/t8-;/m1./s1. The number of rotatable bonds is 3. The van der Waals surface area contributed by atoms with Gasteiger partial charge < -0.3 is 20.0 Å². The zero-order chi connectivity index (χ0) is 14.0. The lowest BCUT2D eigenvalue weighted by atomic mass is 10.3. The van der Waals surface area contributed by atoms with Gasteiger partial charge in [0.05, 0.1) is 6.54 Å². The van der Waals surface area contributed by atoms with Crippen molar-refractivity contribution < 1.29 is 14.0 Å². The summed E-state index contributed by atoms with van der Waals surface area (Å²) in [6.45, 7) is 1.26. The molecule has 0 bridgehead atoms. The Labute approximate surface area is 131 Å². The first-order chi connectivity index (χ1) is 8.97. The first-order valence-corrected chi connectivity index (χ1v) is 6.81. The maximum absolute atomic E-state index is 12.0. The van der Waals surface area contributed by atoms with E-state index in [1.165, 1.54) is 4.90 Å². The monoisotopic (exact) mass is 365 g/mol. The Morgan fingerprint density at radius 2 is 2.25 bits per heavy atom. The quantitative estimate of drug-likeness (QED) is 0.868. The molecule has 1 atom stereocenters. The first-order valence-electron chi connectivity index (χ1n) is 6.01. The lowest BCUT2D eigenvalue weighted by Gasteiger charge is -2.20. The van der Waals surface area contributed by atoms with E-state index in [4.69, 9.17) is 10.2 Å². The fourth-order valence-corrected chi connectivity index (χ4v) is 2.31. The second-order valence-electron chi connectivity index (χ2n) is 4.65. The molecule has 0 radical (unpaired) electrons. The van der Waals surface area contributed by atoms with Crippen molar-refractivity contribution in [2.45, 2.75) is 12.5 Å². The predicted molar refractivity (Wildman–Crippen MR) is 79.8 cm³/mol. The molecule has 0 aliphatic carbocycles. The van der Waals surface area contributed by atoms with Crippen LogP contribution in [0.15, 0.2) is 21.2 Å². The first kappa shape index (κ1) is 17.0. The summed E-state index contributed by atoms with van der Waals surface area (Å²) in [6.07, 6.45) is 0.814. The number of likely N-dealkylation sites (tertiary alicyclic amines) is 1. The van der Waals surface area contributed by atoms with Crippen LogP contribution in [-0.4, -0.2) is 54.3 Å². The molecule has 20 heavy (non-hydrogen) atoms. The maximum Gasteiger partial charge on any atom is 0.289 e. The molecule has 0 unspecified atom stereocenters. The summed E-state index contributed by atoms with van der Waals surface area (Å²) in [4.78, 5) is 27.0. The van der Waals surface area contributed by atoms with E-state index in [9.17, 15) is 9.59 Å². The number of halogens is 2. The van der Waals surface area contributed by atoms with Crippen LogP contribution >= 0.6 is 28.3 Å². The van der Waals surface area contributed by atoms with E-state index >= 15 is 0 Å². The Morgan fingerprint density at radius 3 is 2.75 bits per heavy atom. The number of likely N-dealkylation sites (N-methyl/N-ethyl adjacent to an activating group) is 1. The van der Waals surface area contributed by atoms with Crippen LogP contribution in [0.4, 0.5) is 0 Å². The van der Waals surface area contributed by atoms with Crippen LogP contribution in [0.3, 0.4) is 0 Å². The molecular formula is C12H17BrClN3O3. The van der Waals surface area contributed by atoms with Gasteiger partial charge in [-0.15, -0.1) is 12.4 Å². The van der Waals surface area contributed by atoms with Crippen molar-refractivity contribution in [3.8, 4) is 0 Å². The van der Waals surface area contributed by atoms with E-state index in [2.05, 4.69) is 15.9 Å². The average molecular weight is 367 g/mol. The van der Waals surface area contributed by atoms with Gasteiger partial charge in [-0.1, -0.05) is 0 Å². The van der Waals surface area contributed by atoms with Gasteiger partial charge in [0, 0.05) is 26.2 Å². The van der Waals surface area contributed by atoms with Crippen LogP contribution in [0.5, 0.6) is 0 Å². The molecule has 112 valence electrons. The molecule has 1 aliphatic heterocycles. The second-order valence-corrected chi connectivity index (χ2v) is 5.44. The SMILES string of the molecule is CN(CC(=O)N1CC[C@@H](N)C1)C(=O)c1ccc(Br)o1.Cl. The van der Waals surface area contributed by atoms with Crippen LogP contribution in [0.25, 0.3) is 0 Å². The summed E-state index contributed by atoms with van der Waals surface area (Å²) in [5, 5.41) is 0. The Morgan fingerprint density at radius 1 is 1.55 bits per heavy atom. The van der Waals surface area contributed by atoms with Gasteiger partial charge in [-0.05, 0) is 34.5 Å². The number of carbonyl (C=O) groups is 2. The van der Waals surface area contributed by atoms with Crippen molar-refractivity contribution in [1.82, 2.24) is 9.80 Å². The summed E-state index contributed by atoms with van der Waals surface area (Å²) in [7, 11) is 1.58. The summed E-state index contributed by atoms with van der Waals surface area (Å²) in [5.74, 6) is -0.197. The smallest absolute Gasteiger partial charge is 0.289 e. The lowest BCUT2D eigenvalue weighted by molar-refractivity contribution is -0.130. The Bertz CT molecular complexity index is 494. The van der Waals surface area contributed by atoms with Gasteiger partial charge >= 0.3 is 0 Å². The number of nitrogens with zero attached hydrogens (tertiary/aromatic N) is 2. The average Bonchev–Trinajstić information content (AvgIpc) is 2.97. The zero-order valence-electron chi connectivity index (χ0n) is 11.0. The fourth-order valence-electron chi connectivity index (χ4n) is 2.01. The van der Waals surface area contributed by atoms with Crippen molar-refractivity contribution in [2.24, 2.45) is 5.73 Å². The Balaban J connectivity index is 0.00000200. The molecule has 2 N–H and O–H groups in total. The van der Waals surface area contributed by atoms with Crippen LogP contribution in [0.1, 0.15) is 17.0 Å². The number of nitrogens with two attached hydrogens (primary N) is 1. The molecule has 8 heteroatoms.